The van der Waals surface area contributed by atoms with E-state index in [0.717, 1.165) is 6.07 Å². The molecule has 0 radical (unpaired) electrons. The van der Waals surface area contributed by atoms with Gasteiger partial charge in [0, 0.05) is 4.47 Å². The van der Waals surface area contributed by atoms with Crippen molar-refractivity contribution in [2.45, 2.75) is 52.7 Å². The number of hydrogen-bond acceptors (Lipinski definition) is 4. The molecule has 0 fully saturated rings. The van der Waals surface area contributed by atoms with E-state index >= 15 is 0 Å². The van der Waals surface area contributed by atoms with Crippen LogP contribution in [0, 0.1) is 5.82 Å². The topological polar surface area (TPSA) is 55.8 Å². The highest BCUT2D eigenvalue weighted by molar-refractivity contribution is 9.10. The number of carbonyl (C=O) groups is 2. The zero-order valence-electron chi connectivity index (χ0n) is 14.1. The molecular weight excluding hydrogens is 369 g/mol. The number of rotatable bonds is 1. The van der Waals surface area contributed by atoms with Gasteiger partial charge in [0.2, 0.25) is 0 Å². The average molecular weight is 390 g/mol. The van der Waals surface area contributed by atoms with Crippen LogP contribution >= 0.6 is 15.9 Å². The van der Waals surface area contributed by atoms with Crippen molar-refractivity contribution in [3.05, 3.63) is 28.5 Å². The van der Waals surface area contributed by atoms with Gasteiger partial charge in [0.1, 0.15) is 17.0 Å². The number of ether oxygens (including phenoxy) is 2. The van der Waals surface area contributed by atoms with Gasteiger partial charge < -0.3 is 9.47 Å². The Kier molecular flexibility index (Phi) is 5.79. The maximum atomic E-state index is 14.1. The molecule has 0 bridgehead atoms. The van der Waals surface area contributed by atoms with E-state index in [0.29, 0.717) is 9.37 Å². The zero-order valence-corrected chi connectivity index (χ0v) is 15.7. The van der Waals surface area contributed by atoms with Gasteiger partial charge in [-0.15, -0.1) is 0 Å². The van der Waals surface area contributed by atoms with Crippen LogP contribution < -0.4 is 4.90 Å². The number of anilines is 1. The third-order valence-electron chi connectivity index (χ3n) is 2.30. The molecule has 0 aliphatic rings. The molecular formula is C16H21BrFNO4. The van der Waals surface area contributed by atoms with Crippen molar-refractivity contribution in [3.63, 3.8) is 0 Å². The van der Waals surface area contributed by atoms with Crippen LogP contribution in [0.25, 0.3) is 0 Å². The molecule has 0 aliphatic carbocycles. The molecule has 0 aromatic heterocycles. The third-order valence-corrected chi connectivity index (χ3v) is 2.79. The van der Waals surface area contributed by atoms with Crippen LogP contribution in [0.3, 0.4) is 0 Å². The van der Waals surface area contributed by atoms with Crippen LogP contribution in [-0.4, -0.2) is 23.4 Å². The first-order valence-corrected chi connectivity index (χ1v) is 7.80. The molecule has 2 amide bonds. The molecule has 5 nitrogen and oxygen atoms in total. The first-order chi connectivity index (χ1) is 10.3. The van der Waals surface area contributed by atoms with Crippen LogP contribution in [0.1, 0.15) is 41.5 Å². The fourth-order valence-electron chi connectivity index (χ4n) is 1.54. The van der Waals surface area contributed by atoms with Crippen molar-refractivity contribution in [2.24, 2.45) is 0 Å². The van der Waals surface area contributed by atoms with E-state index in [1.54, 1.807) is 41.5 Å². The normalized spacial score (nSPS) is 11.8. The molecule has 7 heteroatoms. The van der Waals surface area contributed by atoms with Gasteiger partial charge in [-0.1, -0.05) is 15.9 Å². The lowest BCUT2D eigenvalue weighted by Gasteiger charge is -2.28. The molecule has 0 aliphatic heterocycles. The first kappa shape index (κ1) is 19.4. The van der Waals surface area contributed by atoms with Crippen LogP contribution in [-0.2, 0) is 9.47 Å². The van der Waals surface area contributed by atoms with Crippen molar-refractivity contribution in [1.29, 1.82) is 0 Å². The Morgan fingerprint density at radius 2 is 1.43 bits per heavy atom. The highest BCUT2D eigenvalue weighted by atomic mass is 79.9. The van der Waals surface area contributed by atoms with Gasteiger partial charge in [-0.2, -0.15) is 4.90 Å². The Balaban J connectivity index is 3.28. The Morgan fingerprint density at radius 3 is 1.83 bits per heavy atom. The summed E-state index contributed by atoms with van der Waals surface area (Å²) in [4.78, 5) is 25.3. The molecule has 0 spiro atoms. The van der Waals surface area contributed by atoms with Gasteiger partial charge >= 0.3 is 12.2 Å². The minimum Gasteiger partial charge on any atom is -0.443 e. The summed E-state index contributed by atoms with van der Waals surface area (Å²) in [5, 5.41) is 0. The molecule has 23 heavy (non-hydrogen) atoms. The predicted molar refractivity (Wildman–Crippen MR) is 89.0 cm³/mol. The second-order valence-electron chi connectivity index (χ2n) is 6.89. The number of benzene rings is 1. The van der Waals surface area contributed by atoms with E-state index < -0.39 is 29.2 Å². The maximum absolute atomic E-state index is 14.1. The summed E-state index contributed by atoms with van der Waals surface area (Å²) in [6.07, 6.45) is -2.02. The molecule has 0 atom stereocenters. The lowest BCUT2D eigenvalue weighted by molar-refractivity contribution is 0.0429. The highest BCUT2D eigenvalue weighted by Crippen LogP contribution is 2.27. The summed E-state index contributed by atoms with van der Waals surface area (Å²) in [7, 11) is 0. The van der Waals surface area contributed by atoms with Gasteiger partial charge in [-0.25, -0.2) is 14.0 Å². The fraction of sp³-hybridized carbons (Fsp3) is 0.500. The van der Waals surface area contributed by atoms with E-state index in [2.05, 4.69) is 15.9 Å². The number of carbonyl (C=O) groups excluding carboxylic acids is 2. The van der Waals surface area contributed by atoms with E-state index in [-0.39, 0.29) is 5.69 Å². The van der Waals surface area contributed by atoms with Gasteiger partial charge in [-0.3, -0.25) is 0 Å². The van der Waals surface area contributed by atoms with Gasteiger partial charge in [0.25, 0.3) is 0 Å². The fourth-order valence-corrected chi connectivity index (χ4v) is 1.89. The first-order valence-electron chi connectivity index (χ1n) is 7.01. The quantitative estimate of drug-likeness (QED) is 0.656. The van der Waals surface area contributed by atoms with Gasteiger partial charge in [0.15, 0.2) is 0 Å². The molecule has 1 rings (SSSR count). The standard InChI is InChI=1S/C16H21BrFNO4/c1-15(2,3)22-13(20)19(14(21)23-16(4,5)6)12-9-10(17)7-8-11(12)18/h7-9H,1-6H3. The van der Waals surface area contributed by atoms with Crippen molar-refractivity contribution >= 4 is 33.8 Å². The molecule has 128 valence electrons. The largest absolute Gasteiger partial charge is 0.443 e. The Morgan fingerprint density at radius 1 is 1.00 bits per heavy atom. The molecule has 0 unspecified atom stereocenters. The van der Waals surface area contributed by atoms with E-state index in [4.69, 9.17) is 9.47 Å². The summed E-state index contributed by atoms with van der Waals surface area (Å²) in [5.74, 6) is -0.745. The number of halogens is 2. The summed E-state index contributed by atoms with van der Waals surface area (Å²) in [5.41, 5.74) is -1.94. The number of amides is 2. The van der Waals surface area contributed by atoms with Crippen LogP contribution in [0.2, 0.25) is 0 Å². The zero-order chi connectivity index (χ0) is 18.0. The number of hydrogen-bond donors (Lipinski definition) is 0. The van der Waals surface area contributed by atoms with Crippen molar-refractivity contribution < 1.29 is 23.5 Å². The molecule has 1 aromatic carbocycles. The molecule has 0 heterocycles. The van der Waals surface area contributed by atoms with Crippen LogP contribution in [0.5, 0.6) is 0 Å². The Bertz CT molecular complexity index is 577. The van der Waals surface area contributed by atoms with E-state index in [9.17, 15) is 14.0 Å². The summed E-state index contributed by atoms with van der Waals surface area (Å²) in [6, 6.07) is 3.91. The highest BCUT2D eigenvalue weighted by Gasteiger charge is 2.34. The van der Waals surface area contributed by atoms with Crippen molar-refractivity contribution in [1.82, 2.24) is 0 Å². The van der Waals surface area contributed by atoms with Gasteiger partial charge in [-0.05, 0) is 59.7 Å². The van der Waals surface area contributed by atoms with Crippen molar-refractivity contribution in [3.8, 4) is 0 Å². The SMILES string of the molecule is CC(C)(C)OC(=O)N(C(=O)OC(C)(C)C)c1cc(Br)ccc1F. The third kappa shape index (κ3) is 6.17. The molecule has 0 N–H and O–H groups in total. The monoisotopic (exact) mass is 389 g/mol. The second kappa shape index (κ2) is 6.86. The minimum absolute atomic E-state index is 0.247. The van der Waals surface area contributed by atoms with Gasteiger partial charge in [0.05, 0.1) is 5.69 Å². The molecule has 0 saturated heterocycles. The Labute approximate surface area is 143 Å². The maximum Gasteiger partial charge on any atom is 0.424 e. The lowest BCUT2D eigenvalue weighted by atomic mass is 10.2. The predicted octanol–water partition coefficient (Wildman–Crippen LogP) is 5.26. The molecule has 0 saturated carbocycles. The van der Waals surface area contributed by atoms with E-state index in [1.165, 1.54) is 12.1 Å². The number of nitrogens with zero attached hydrogens (tertiary/aromatic N) is 1. The number of imide groups is 1. The average Bonchev–Trinajstić information content (AvgIpc) is 2.29. The summed E-state index contributed by atoms with van der Waals surface area (Å²) in [6.45, 7) is 9.89. The summed E-state index contributed by atoms with van der Waals surface area (Å²) < 4.78 is 25.0. The molecule has 1 aromatic rings. The summed E-state index contributed by atoms with van der Waals surface area (Å²) >= 11 is 3.19. The smallest absolute Gasteiger partial charge is 0.424 e. The van der Waals surface area contributed by atoms with Crippen LogP contribution in [0.4, 0.5) is 19.7 Å². The van der Waals surface area contributed by atoms with Crippen molar-refractivity contribution in [2.75, 3.05) is 4.90 Å². The van der Waals surface area contributed by atoms with Crippen LogP contribution in [0.15, 0.2) is 22.7 Å². The Hall–Kier alpha value is -1.63. The minimum atomic E-state index is -1.01. The second-order valence-corrected chi connectivity index (χ2v) is 7.81. The van der Waals surface area contributed by atoms with E-state index in [1.807, 2.05) is 0 Å². The lowest BCUT2D eigenvalue weighted by Crippen LogP contribution is -2.44.